The second-order valence-corrected chi connectivity index (χ2v) is 9.86. The van der Waals surface area contributed by atoms with Gasteiger partial charge in [-0.1, -0.05) is 6.07 Å². The molecule has 2 amide bonds. The van der Waals surface area contributed by atoms with Gasteiger partial charge in [0.25, 0.3) is 5.91 Å². The Morgan fingerprint density at radius 3 is 2.58 bits per heavy atom. The molecule has 1 saturated heterocycles. The Kier molecular flexibility index (Phi) is 6.10. The largest absolute Gasteiger partial charge is 0.346 e. The van der Waals surface area contributed by atoms with E-state index in [9.17, 15) is 18.0 Å². The first-order valence-electron chi connectivity index (χ1n) is 10.5. The number of aromatic nitrogens is 2. The fraction of sp³-hybridized carbons (Fsp3) is 0.476. The van der Waals surface area contributed by atoms with Gasteiger partial charge in [-0.15, -0.1) is 0 Å². The maximum Gasteiger partial charge on any atom is 0.251 e. The fourth-order valence-electron chi connectivity index (χ4n) is 4.02. The van der Waals surface area contributed by atoms with Crippen LogP contribution in [0.5, 0.6) is 0 Å². The lowest BCUT2D eigenvalue weighted by Crippen LogP contribution is -2.49. The smallest absolute Gasteiger partial charge is 0.251 e. The lowest BCUT2D eigenvalue weighted by atomic mass is 10.2. The molecule has 1 N–H and O–H groups in total. The minimum atomic E-state index is -3.74. The van der Waals surface area contributed by atoms with Gasteiger partial charge in [-0.05, 0) is 31.0 Å². The number of piperazine rings is 1. The SMILES string of the molecule is CC(=O)N1CCN(S(=O)(=O)c2cccc(C(=O)NCc3cn4c(n3)CCCC4)c2)CC1. The second-order valence-electron chi connectivity index (χ2n) is 7.92. The zero-order chi connectivity index (χ0) is 22.0. The molecule has 0 atom stereocenters. The Labute approximate surface area is 182 Å². The number of amides is 2. The molecular weight excluding hydrogens is 418 g/mol. The Bertz CT molecular complexity index is 1060. The minimum Gasteiger partial charge on any atom is -0.346 e. The Morgan fingerprint density at radius 2 is 1.87 bits per heavy atom. The van der Waals surface area contributed by atoms with Gasteiger partial charge in [-0.2, -0.15) is 4.31 Å². The van der Waals surface area contributed by atoms with Gasteiger partial charge in [-0.25, -0.2) is 13.4 Å². The van der Waals surface area contributed by atoms with Crippen molar-refractivity contribution in [3.8, 4) is 0 Å². The number of nitrogens with zero attached hydrogens (tertiary/aromatic N) is 4. The van der Waals surface area contributed by atoms with Crippen LogP contribution in [0.2, 0.25) is 0 Å². The van der Waals surface area contributed by atoms with Crippen molar-refractivity contribution < 1.29 is 18.0 Å². The molecule has 0 radical (unpaired) electrons. The number of carbonyl (C=O) groups is 2. The highest BCUT2D eigenvalue weighted by Crippen LogP contribution is 2.19. The van der Waals surface area contributed by atoms with Crippen molar-refractivity contribution >= 4 is 21.8 Å². The normalized spacial score (nSPS) is 17.3. The molecule has 2 aliphatic rings. The maximum atomic E-state index is 13.0. The number of nitrogens with one attached hydrogen (secondary N) is 1. The van der Waals surface area contributed by atoms with E-state index in [-0.39, 0.29) is 35.4 Å². The van der Waals surface area contributed by atoms with Crippen LogP contribution < -0.4 is 5.32 Å². The third-order valence-electron chi connectivity index (χ3n) is 5.81. The number of benzene rings is 1. The molecule has 9 nitrogen and oxygen atoms in total. The topological polar surface area (TPSA) is 105 Å². The van der Waals surface area contributed by atoms with E-state index in [2.05, 4.69) is 14.9 Å². The molecule has 3 heterocycles. The van der Waals surface area contributed by atoms with E-state index >= 15 is 0 Å². The minimum absolute atomic E-state index is 0.0609. The second kappa shape index (κ2) is 8.80. The third kappa shape index (κ3) is 4.64. The van der Waals surface area contributed by atoms with Crippen LogP contribution in [0.4, 0.5) is 0 Å². The molecule has 1 aromatic carbocycles. The summed E-state index contributed by atoms with van der Waals surface area (Å²) >= 11 is 0. The summed E-state index contributed by atoms with van der Waals surface area (Å²) in [4.78, 5) is 30.4. The first-order chi connectivity index (χ1) is 14.8. The summed E-state index contributed by atoms with van der Waals surface area (Å²) in [6, 6.07) is 6.07. The van der Waals surface area contributed by atoms with Crippen LogP contribution in [0.3, 0.4) is 0 Å². The summed E-state index contributed by atoms with van der Waals surface area (Å²) in [5, 5.41) is 2.83. The molecule has 0 aliphatic carbocycles. The van der Waals surface area contributed by atoms with Gasteiger partial charge >= 0.3 is 0 Å². The maximum absolute atomic E-state index is 13.0. The number of hydrogen-bond acceptors (Lipinski definition) is 5. The van der Waals surface area contributed by atoms with Crippen molar-refractivity contribution in [2.24, 2.45) is 0 Å². The molecule has 2 aromatic rings. The lowest BCUT2D eigenvalue weighted by molar-refractivity contribution is -0.129. The van der Waals surface area contributed by atoms with Crippen LogP contribution in [0.1, 0.15) is 41.6 Å². The van der Waals surface area contributed by atoms with E-state index in [0.717, 1.165) is 37.3 Å². The molecule has 0 unspecified atom stereocenters. The van der Waals surface area contributed by atoms with Gasteiger partial charge in [0.2, 0.25) is 15.9 Å². The number of sulfonamides is 1. The van der Waals surface area contributed by atoms with Crippen LogP contribution in [0.25, 0.3) is 0 Å². The number of rotatable bonds is 5. The first-order valence-corrected chi connectivity index (χ1v) is 12.0. The number of fused-ring (bicyclic) bond motifs is 1. The molecule has 0 saturated carbocycles. The monoisotopic (exact) mass is 445 g/mol. The third-order valence-corrected chi connectivity index (χ3v) is 7.70. The van der Waals surface area contributed by atoms with E-state index in [1.54, 1.807) is 17.0 Å². The highest BCUT2D eigenvalue weighted by Gasteiger charge is 2.29. The van der Waals surface area contributed by atoms with Crippen molar-refractivity contribution in [2.75, 3.05) is 26.2 Å². The summed E-state index contributed by atoms with van der Waals surface area (Å²) in [6.45, 7) is 3.93. The molecule has 31 heavy (non-hydrogen) atoms. The number of aryl methyl sites for hydroxylation is 2. The molecule has 166 valence electrons. The summed E-state index contributed by atoms with van der Waals surface area (Å²) < 4.78 is 29.5. The van der Waals surface area contributed by atoms with E-state index in [4.69, 9.17) is 0 Å². The highest BCUT2D eigenvalue weighted by atomic mass is 32.2. The quantitative estimate of drug-likeness (QED) is 0.739. The number of hydrogen-bond donors (Lipinski definition) is 1. The average Bonchev–Trinajstić information content (AvgIpc) is 3.20. The van der Waals surface area contributed by atoms with Crippen molar-refractivity contribution in [3.63, 3.8) is 0 Å². The van der Waals surface area contributed by atoms with Gasteiger partial charge in [0, 0.05) is 57.8 Å². The van der Waals surface area contributed by atoms with Gasteiger partial charge in [0.1, 0.15) is 5.82 Å². The van der Waals surface area contributed by atoms with E-state index in [1.165, 1.54) is 23.4 Å². The molecular formula is C21H27N5O4S. The molecule has 1 aromatic heterocycles. The molecule has 1 fully saturated rings. The van der Waals surface area contributed by atoms with Crippen molar-refractivity contribution in [3.05, 3.63) is 47.5 Å². The van der Waals surface area contributed by atoms with Crippen LogP contribution in [0, 0.1) is 0 Å². The van der Waals surface area contributed by atoms with E-state index in [1.807, 2.05) is 6.20 Å². The zero-order valence-electron chi connectivity index (χ0n) is 17.6. The predicted octanol–water partition coefficient (Wildman–Crippen LogP) is 1.00. The van der Waals surface area contributed by atoms with E-state index in [0.29, 0.717) is 19.6 Å². The summed E-state index contributed by atoms with van der Waals surface area (Å²) in [5.74, 6) is 0.646. The lowest BCUT2D eigenvalue weighted by Gasteiger charge is -2.33. The first kappa shape index (κ1) is 21.5. The van der Waals surface area contributed by atoms with Crippen molar-refractivity contribution in [1.29, 1.82) is 0 Å². The molecule has 0 bridgehead atoms. The Balaban J connectivity index is 1.42. The number of imidazole rings is 1. The van der Waals surface area contributed by atoms with Crippen LogP contribution in [-0.4, -0.2) is 65.2 Å². The average molecular weight is 446 g/mol. The Morgan fingerprint density at radius 1 is 1.10 bits per heavy atom. The van der Waals surface area contributed by atoms with Crippen LogP contribution in [0.15, 0.2) is 35.4 Å². The van der Waals surface area contributed by atoms with Gasteiger partial charge in [-0.3, -0.25) is 9.59 Å². The summed E-state index contributed by atoms with van der Waals surface area (Å²) in [7, 11) is -3.74. The van der Waals surface area contributed by atoms with E-state index < -0.39 is 10.0 Å². The fourth-order valence-corrected chi connectivity index (χ4v) is 5.49. The highest BCUT2D eigenvalue weighted by molar-refractivity contribution is 7.89. The van der Waals surface area contributed by atoms with Gasteiger partial charge in [0.15, 0.2) is 0 Å². The van der Waals surface area contributed by atoms with Gasteiger partial charge in [0.05, 0.1) is 17.1 Å². The Hall–Kier alpha value is -2.72. The molecule has 2 aliphatic heterocycles. The van der Waals surface area contributed by atoms with Crippen LogP contribution in [-0.2, 0) is 34.3 Å². The van der Waals surface area contributed by atoms with Crippen LogP contribution >= 0.6 is 0 Å². The van der Waals surface area contributed by atoms with Crippen molar-refractivity contribution in [2.45, 2.75) is 44.2 Å². The molecule has 0 spiro atoms. The summed E-state index contributed by atoms with van der Waals surface area (Å²) in [6.07, 6.45) is 5.19. The molecule has 4 rings (SSSR count). The van der Waals surface area contributed by atoms with Gasteiger partial charge < -0.3 is 14.8 Å². The standard InChI is InChI=1S/C21H27N5O4S/c1-16(27)24-9-11-26(12-10-24)31(29,30)19-6-4-5-17(13-19)21(28)22-14-18-15-25-8-3-2-7-20(25)23-18/h4-6,13,15H,2-3,7-12,14H2,1H3,(H,22,28). The summed E-state index contributed by atoms with van der Waals surface area (Å²) in [5.41, 5.74) is 1.09. The molecule has 10 heteroatoms. The predicted molar refractivity (Wildman–Crippen MR) is 114 cm³/mol. The van der Waals surface area contributed by atoms with Crippen molar-refractivity contribution in [1.82, 2.24) is 24.1 Å². The zero-order valence-corrected chi connectivity index (χ0v) is 18.4. The number of carbonyl (C=O) groups excluding carboxylic acids is 2.